The monoisotopic (exact) mass is 259 g/mol. The van der Waals surface area contributed by atoms with E-state index in [1.54, 1.807) is 20.8 Å². The predicted molar refractivity (Wildman–Crippen MR) is 69.6 cm³/mol. The summed E-state index contributed by atoms with van der Waals surface area (Å²) in [6.45, 7) is 9.38. The summed E-state index contributed by atoms with van der Waals surface area (Å²) >= 11 is 0. The minimum Gasteiger partial charge on any atom is -0.444 e. The first kappa shape index (κ1) is 16.7. The molecule has 106 valence electrons. The highest BCUT2D eigenvalue weighted by molar-refractivity contribution is 5.85. The SMILES string of the molecule is CC(C)CCC(NC(=O)OC(C)(C)C)C(=O)NN. The molecule has 0 aromatic carbocycles. The summed E-state index contributed by atoms with van der Waals surface area (Å²) in [5, 5.41) is 2.53. The number of ether oxygens (including phenoxy) is 1. The molecule has 0 aliphatic rings. The predicted octanol–water partition coefficient (Wildman–Crippen LogP) is 1.31. The van der Waals surface area contributed by atoms with Crippen molar-refractivity contribution in [2.24, 2.45) is 11.8 Å². The molecule has 0 spiro atoms. The largest absolute Gasteiger partial charge is 0.444 e. The smallest absolute Gasteiger partial charge is 0.408 e. The van der Waals surface area contributed by atoms with Crippen LogP contribution in [0.3, 0.4) is 0 Å². The van der Waals surface area contributed by atoms with Crippen LogP contribution in [0, 0.1) is 5.92 Å². The zero-order valence-corrected chi connectivity index (χ0v) is 11.9. The molecule has 6 nitrogen and oxygen atoms in total. The van der Waals surface area contributed by atoms with Gasteiger partial charge in [0.15, 0.2) is 0 Å². The molecule has 0 saturated carbocycles. The Bertz CT molecular complexity index is 285. The Labute approximate surface area is 109 Å². The number of hydrogen-bond acceptors (Lipinski definition) is 4. The van der Waals surface area contributed by atoms with Crippen LogP contribution in [0.5, 0.6) is 0 Å². The van der Waals surface area contributed by atoms with E-state index in [1.165, 1.54) is 0 Å². The maximum atomic E-state index is 11.6. The highest BCUT2D eigenvalue weighted by atomic mass is 16.6. The van der Waals surface area contributed by atoms with Crippen molar-refractivity contribution in [1.82, 2.24) is 10.7 Å². The van der Waals surface area contributed by atoms with Crippen LogP contribution in [0.25, 0.3) is 0 Å². The maximum Gasteiger partial charge on any atom is 0.408 e. The molecule has 0 rings (SSSR count). The van der Waals surface area contributed by atoms with Gasteiger partial charge in [0, 0.05) is 0 Å². The van der Waals surface area contributed by atoms with Crippen molar-refractivity contribution in [3.63, 3.8) is 0 Å². The van der Waals surface area contributed by atoms with Crippen molar-refractivity contribution in [3.05, 3.63) is 0 Å². The molecule has 0 aliphatic heterocycles. The highest BCUT2D eigenvalue weighted by Gasteiger charge is 2.23. The van der Waals surface area contributed by atoms with Crippen molar-refractivity contribution >= 4 is 12.0 Å². The molecule has 18 heavy (non-hydrogen) atoms. The molecular weight excluding hydrogens is 234 g/mol. The van der Waals surface area contributed by atoms with Gasteiger partial charge in [-0.2, -0.15) is 0 Å². The molecule has 1 unspecified atom stereocenters. The fraction of sp³-hybridized carbons (Fsp3) is 0.833. The second kappa shape index (κ2) is 7.20. The van der Waals surface area contributed by atoms with Gasteiger partial charge in [0.05, 0.1) is 0 Å². The fourth-order valence-corrected chi connectivity index (χ4v) is 1.32. The topological polar surface area (TPSA) is 93.4 Å². The first-order valence-corrected chi connectivity index (χ1v) is 6.15. The van der Waals surface area contributed by atoms with E-state index in [0.29, 0.717) is 12.3 Å². The second-order valence-electron chi connectivity index (χ2n) is 5.68. The third kappa shape index (κ3) is 7.89. The van der Waals surface area contributed by atoms with E-state index in [4.69, 9.17) is 10.6 Å². The van der Waals surface area contributed by atoms with Gasteiger partial charge in [-0.1, -0.05) is 13.8 Å². The molecule has 0 aromatic heterocycles. The number of alkyl carbamates (subject to hydrolysis) is 1. The second-order valence-corrected chi connectivity index (χ2v) is 5.68. The highest BCUT2D eigenvalue weighted by Crippen LogP contribution is 2.10. The van der Waals surface area contributed by atoms with Crippen molar-refractivity contribution < 1.29 is 14.3 Å². The van der Waals surface area contributed by atoms with Gasteiger partial charge >= 0.3 is 6.09 Å². The zero-order chi connectivity index (χ0) is 14.3. The van der Waals surface area contributed by atoms with Gasteiger partial charge in [0.25, 0.3) is 5.91 Å². The van der Waals surface area contributed by atoms with Gasteiger partial charge in [-0.25, -0.2) is 10.6 Å². The Morgan fingerprint density at radius 1 is 1.22 bits per heavy atom. The minimum absolute atomic E-state index is 0.415. The summed E-state index contributed by atoms with van der Waals surface area (Å²) in [7, 11) is 0. The molecular formula is C12H25N3O3. The Morgan fingerprint density at radius 2 is 1.78 bits per heavy atom. The van der Waals surface area contributed by atoms with Gasteiger partial charge in [0.2, 0.25) is 0 Å². The molecule has 0 aliphatic carbocycles. The van der Waals surface area contributed by atoms with Crippen molar-refractivity contribution in [2.45, 2.75) is 59.1 Å². The van der Waals surface area contributed by atoms with Crippen LogP contribution in [0.15, 0.2) is 0 Å². The van der Waals surface area contributed by atoms with E-state index in [9.17, 15) is 9.59 Å². The van der Waals surface area contributed by atoms with Gasteiger partial charge in [-0.15, -0.1) is 0 Å². The molecule has 1 atom stereocenters. The molecule has 0 heterocycles. The van der Waals surface area contributed by atoms with Crippen molar-refractivity contribution in [2.75, 3.05) is 0 Å². The molecule has 0 fully saturated rings. The molecule has 0 aromatic rings. The van der Waals surface area contributed by atoms with Crippen molar-refractivity contribution in [1.29, 1.82) is 0 Å². The summed E-state index contributed by atoms with van der Waals surface area (Å²) in [6, 6.07) is -0.660. The van der Waals surface area contributed by atoms with E-state index in [1.807, 2.05) is 19.3 Å². The van der Waals surface area contributed by atoms with Crippen LogP contribution < -0.4 is 16.6 Å². The Hall–Kier alpha value is -1.30. The number of carbonyl (C=O) groups is 2. The van der Waals surface area contributed by atoms with Crippen LogP contribution >= 0.6 is 0 Å². The van der Waals surface area contributed by atoms with Gasteiger partial charge in [0.1, 0.15) is 11.6 Å². The minimum atomic E-state index is -0.660. The fourth-order valence-electron chi connectivity index (χ4n) is 1.32. The van der Waals surface area contributed by atoms with Gasteiger partial charge in [-0.05, 0) is 39.5 Å². The van der Waals surface area contributed by atoms with Crippen molar-refractivity contribution in [3.8, 4) is 0 Å². The lowest BCUT2D eigenvalue weighted by Crippen LogP contribution is -2.50. The van der Waals surface area contributed by atoms with Crippen LogP contribution in [0.2, 0.25) is 0 Å². The quantitative estimate of drug-likeness (QED) is 0.394. The van der Waals surface area contributed by atoms with E-state index in [2.05, 4.69) is 5.32 Å². The number of amides is 2. The van der Waals surface area contributed by atoms with E-state index < -0.39 is 23.6 Å². The molecule has 6 heteroatoms. The lowest BCUT2D eigenvalue weighted by Gasteiger charge is -2.23. The summed E-state index contributed by atoms with van der Waals surface area (Å²) in [5.74, 6) is 5.12. The molecule has 0 bridgehead atoms. The van der Waals surface area contributed by atoms with Gasteiger partial charge in [-0.3, -0.25) is 10.2 Å². The molecule has 4 N–H and O–H groups in total. The first-order valence-electron chi connectivity index (χ1n) is 6.15. The standard InChI is InChI=1S/C12H25N3O3/c1-8(2)6-7-9(10(16)15-13)14-11(17)18-12(3,4)5/h8-9H,6-7,13H2,1-5H3,(H,14,17)(H,15,16). The number of rotatable bonds is 5. The Balaban J connectivity index is 4.40. The summed E-state index contributed by atoms with van der Waals surface area (Å²) < 4.78 is 5.10. The number of hydrogen-bond donors (Lipinski definition) is 3. The number of carbonyl (C=O) groups excluding carboxylic acids is 2. The number of hydrazine groups is 1. The molecule has 2 amide bonds. The number of nitrogens with one attached hydrogen (secondary N) is 2. The number of nitrogens with two attached hydrogens (primary N) is 1. The van der Waals surface area contributed by atoms with E-state index in [0.717, 1.165) is 6.42 Å². The average molecular weight is 259 g/mol. The van der Waals surface area contributed by atoms with Crippen LogP contribution in [-0.2, 0) is 9.53 Å². The van der Waals surface area contributed by atoms with Gasteiger partial charge < -0.3 is 10.1 Å². The Kier molecular flexibility index (Phi) is 6.68. The average Bonchev–Trinajstić information content (AvgIpc) is 2.20. The lowest BCUT2D eigenvalue weighted by molar-refractivity contribution is -0.123. The third-order valence-corrected chi connectivity index (χ3v) is 2.18. The van der Waals surface area contributed by atoms with E-state index in [-0.39, 0.29) is 0 Å². The summed E-state index contributed by atoms with van der Waals surface area (Å²) in [5.41, 5.74) is 1.46. The lowest BCUT2D eigenvalue weighted by atomic mass is 10.0. The van der Waals surface area contributed by atoms with Crippen LogP contribution in [0.4, 0.5) is 4.79 Å². The van der Waals surface area contributed by atoms with E-state index >= 15 is 0 Å². The molecule has 0 radical (unpaired) electrons. The summed E-state index contributed by atoms with van der Waals surface area (Å²) in [4.78, 5) is 23.1. The maximum absolute atomic E-state index is 11.6. The van der Waals surface area contributed by atoms with Crippen LogP contribution in [0.1, 0.15) is 47.5 Å². The normalized spacial score (nSPS) is 13.1. The molecule has 0 saturated heterocycles. The third-order valence-electron chi connectivity index (χ3n) is 2.18. The Morgan fingerprint density at radius 3 is 2.17 bits per heavy atom. The first-order chi connectivity index (χ1) is 8.15. The summed E-state index contributed by atoms with van der Waals surface area (Å²) in [6.07, 6.45) is 0.730. The zero-order valence-electron chi connectivity index (χ0n) is 11.9. The van der Waals surface area contributed by atoms with Crippen LogP contribution in [-0.4, -0.2) is 23.6 Å².